The average molecular weight is 353 g/mol. The molecular formula is C13H28IN3. The lowest BCUT2D eigenvalue weighted by molar-refractivity contribution is 0.481. The second-order valence-corrected chi connectivity index (χ2v) is 3.92. The Morgan fingerprint density at radius 2 is 1.88 bits per heavy atom. The molecule has 0 aromatic heterocycles. The van der Waals surface area contributed by atoms with Gasteiger partial charge >= 0.3 is 0 Å². The first kappa shape index (κ1) is 19.1. The minimum absolute atomic E-state index is 0. The molecule has 3 nitrogen and oxygen atoms in total. The molecular weight excluding hydrogens is 325 g/mol. The molecule has 0 saturated heterocycles. The van der Waals surface area contributed by atoms with Gasteiger partial charge in [-0.1, -0.05) is 38.8 Å². The Morgan fingerprint density at radius 3 is 2.35 bits per heavy atom. The standard InChI is InChI=1S/C13H27N3.HI/c1-5-8-9-10-15-13(14-4)16-11-12(6-2)7-3;/h5,8,12H,6-7,9-11H2,1-4H3,(H2,14,15,16);1H/b8-5+;. The summed E-state index contributed by atoms with van der Waals surface area (Å²) in [6.45, 7) is 8.46. The molecule has 0 heterocycles. The van der Waals surface area contributed by atoms with Crippen LogP contribution in [0.3, 0.4) is 0 Å². The van der Waals surface area contributed by atoms with Crippen LogP contribution in [0.1, 0.15) is 40.0 Å². The number of guanidine groups is 1. The fourth-order valence-corrected chi connectivity index (χ4v) is 1.48. The van der Waals surface area contributed by atoms with E-state index in [0.29, 0.717) is 0 Å². The molecule has 0 bridgehead atoms. The molecule has 0 aliphatic heterocycles. The minimum Gasteiger partial charge on any atom is -0.356 e. The van der Waals surface area contributed by atoms with Crippen LogP contribution in [0.25, 0.3) is 0 Å². The number of allylic oxidation sites excluding steroid dienone is 1. The Balaban J connectivity index is 0. The number of hydrogen-bond acceptors (Lipinski definition) is 1. The van der Waals surface area contributed by atoms with E-state index in [1.54, 1.807) is 0 Å². The molecule has 0 fully saturated rings. The summed E-state index contributed by atoms with van der Waals surface area (Å²) in [5.41, 5.74) is 0. The second-order valence-electron chi connectivity index (χ2n) is 3.92. The van der Waals surface area contributed by atoms with Gasteiger partial charge in [0.15, 0.2) is 5.96 Å². The van der Waals surface area contributed by atoms with Crippen molar-refractivity contribution in [3.63, 3.8) is 0 Å². The van der Waals surface area contributed by atoms with Crippen molar-refractivity contribution >= 4 is 29.9 Å². The van der Waals surface area contributed by atoms with Crippen LogP contribution in [-0.4, -0.2) is 26.1 Å². The van der Waals surface area contributed by atoms with Crippen LogP contribution in [0.5, 0.6) is 0 Å². The molecule has 0 rings (SSSR count). The summed E-state index contributed by atoms with van der Waals surface area (Å²) >= 11 is 0. The Morgan fingerprint density at radius 1 is 1.24 bits per heavy atom. The maximum absolute atomic E-state index is 4.20. The lowest BCUT2D eigenvalue weighted by Crippen LogP contribution is -2.39. The van der Waals surface area contributed by atoms with E-state index in [-0.39, 0.29) is 24.0 Å². The van der Waals surface area contributed by atoms with Crippen LogP contribution in [0, 0.1) is 5.92 Å². The van der Waals surface area contributed by atoms with Gasteiger partial charge in [-0.2, -0.15) is 0 Å². The summed E-state index contributed by atoms with van der Waals surface area (Å²) in [6, 6.07) is 0. The Kier molecular flexibility index (Phi) is 15.5. The van der Waals surface area contributed by atoms with Gasteiger partial charge in [0.05, 0.1) is 0 Å². The Hall–Kier alpha value is -0.260. The summed E-state index contributed by atoms with van der Waals surface area (Å²) in [7, 11) is 1.82. The van der Waals surface area contributed by atoms with Gasteiger partial charge in [-0.3, -0.25) is 4.99 Å². The van der Waals surface area contributed by atoms with Crippen LogP contribution in [0.2, 0.25) is 0 Å². The van der Waals surface area contributed by atoms with Crippen molar-refractivity contribution in [2.45, 2.75) is 40.0 Å². The number of halogens is 1. The number of hydrogen-bond donors (Lipinski definition) is 2. The lowest BCUT2D eigenvalue weighted by atomic mass is 10.0. The molecule has 4 heteroatoms. The highest BCUT2D eigenvalue weighted by atomic mass is 127. The first-order chi connectivity index (χ1) is 7.78. The molecule has 0 radical (unpaired) electrons. The molecule has 0 amide bonds. The normalized spacial score (nSPS) is 11.7. The number of aliphatic imine (C=N–C) groups is 1. The van der Waals surface area contributed by atoms with Gasteiger partial charge in [0.25, 0.3) is 0 Å². The number of nitrogens with one attached hydrogen (secondary N) is 2. The van der Waals surface area contributed by atoms with Gasteiger partial charge in [0.1, 0.15) is 0 Å². The van der Waals surface area contributed by atoms with E-state index >= 15 is 0 Å². The van der Waals surface area contributed by atoms with E-state index in [0.717, 1.165) is 31.4 Å². The molecule has 2 N–H and O–H groups in total. The van der Waals surface area contributed by atoms with Gasteiger partial charge in [-0.15, -0.1) is 24.0 Å². The average Bonchev–Trinajstić information content (AvgIpc) is 2.33. The van der Waals surface area contributed by atoms with Gasteiger partial charge in [-0.05, 0) is 19.3 Å². The first-order valence-corrected chi connectivity index (χ1v) is 6.34. The van der Waals surface area contributed by atoms with E-state index in [2.05, 4.69) is 41.6 Å². The molecule has 0 aromatic rings. The lowest BCUT2D eigenvalue weighted by Gasteiger charge is -2.16. The van der Waals surface area contributed by atoms with Gasteiger partial charge in [0.2, 0.25) is 0 Å². The SMILES string of the molecule is C/C=C/CCNC(=NC)NCC(CC)CC.I. The van der Waals surface area contributed by atoms with Crippen molar-refractivity contribution in [2.75, 3.05) is 20.1 Å². The fraction of sp³-hybridized carbons (Fsp3) is 0.769. The van der Waals surface area contributed by atoms with Crippen molar-refractivity contribution in [2.24, 2.45) is 10.9 Å². The summed E-state index contributed by atoms with van der Waals surface area (Å²) < 4.78 is 0. The van der Waals surface area contributed by atoms with Crippen LogP contribution in [-0.2, 0) is 0 Å². The quantitative estimate of drug-likeness (QED) is 0.243. The highest BCUT2D eigenvalue weighted by Gasteiger charge is 2.03. The van der Waals surface area contributed by atoms with Crippen molar-refractivity contribution in [1.82, 2.24) is 10.6 Å². The summed E-state index contributed by atoms with van der Waals surface area (Å²) in [6.07, 6.45) is 7.71. The molecule has 0 aliphatic rings. The zero-order valence-corrected chi connectivity index (χ0v) is 14.0. The van der Waals surface area contributed by atoms with E-state index < -0.39 is 0 Å². The second kappa shape index (κ2) is 13.8. The predicted octanol–water partition coefficient (Wildman–Crippen LogP) is 3.17. The summed E-state index contributed by atoms with van der Waals surface area (Å²) in [4.78, 5) is 4.20. The van der Waals surface area contributed by atoms with Gasteiger partial charge < -0.3 is 10.6 Å². The Labute approximate surface area is 124 Å². The highest BCUT2D eigenvalue weighted by molar-refractivity contribution is 14.0. The smallest absolute Gasteiger partial charge is 0.190 e. The number of rotatable bonds is 7. The predicted molar refractivity (Wildman–Crippen MR) is 88.3 cm³/mol. The summed E-state index contributed by atoms with van der Waals surface area (Å²) in [5, 5.41) is 6.66. The van der Waals surface area contributed by atoms with Gasteiger partial charge in [-0.25, -0.2) is 0 Å². The maximum atomic E-state index is 4.20. The monoisotopic (exact) mass is 353 g/mol. The van der Waals surface area contributed by atoms with Crippen molar-refractivity contribution in [1.29, 1.82) is 0 Å². The highest BCUT2D eigenvalue weighted by Crippen LogP contribution is 2.04. The molecule has 0 atom stereocenters. The van der Waals surface area contributed by atoms with E-state index in [4.69, 9.17) is 0 Å². The molecule has 0 saturated carbocycles. The zero-order chi connectivity index (χ0) is 12.2. The minimum atomic E-state index is 0. The molecule has 0 aromatic carbocycles. The van der Waals surface area contributed by atoms with E-state index in [1.165, 1.54) is 12.8 Å². The summed E-state index contributed by atoms with van der Waals surface area (Å²) in [5.74, 6) is 1.66. The van der Waals surface area contributed by atoms with Crippen molar-refractivity contribution in [3.05, 3.63) is 12.2 Å². The largest absolute Gasteiger partial charge is 0.356 e. The zero-order valence-electron chi connectivity index (χ0n) is 11.6. The van der Waals surface area contributed by atoms with Crippen molar-refractivity contribution < 1.29 is 0 Å². The topological polar surface area (TPSA) is 36.4 Å². The number of nitrogens with zero attached hydrogens (tertiary/aromatic N) is 1. The molecule has 102 valence electrons. The van der Waals surface area contributed by atoms with Crippen molar-refractivity contribution in [3.8, 4) is 0 Å². The first-order valence-electron chi connectivity index (χ1n) is 6.34. The van der Waals surface area contributed by atoms with E-state index in [1.807, 2.05) is 14.0 Å². The molecule has 17 heavy (non-hydrogen) atoms. The van der Waals surface area contributed by atoms with Crippen LogP contribution in [0.15, 0.2) is 17.1 Å². The third-order valence-electron chi connectivity index (χ3n) is 2.78. The van der Waals surface area contributed by atoms with Crippen LogP contribution in [0.4, 0.5) is 0 Å². The third-order valence-corrected chi connectivity index (χ3v) is 2.78. The molecule has 0 unspecified atom stereocenters. The van der Waals surface area contributed by atoms with Crippen LogP contribution < -0.4 is 10.6 Å². The Bertz CT molecular complexity index is 211. The van der Waals surface area contributed by atoms with Crippen LogP contribution >= 0.6 is 24.0 Å². The molecule has 0 aliphatic carbocycles. The maximum Gasteiger partial charge on any atom is 0.190 e. The van der Waals surface area contributed by atoms with E-state index in [9.17, 15) is 0 Å². The third kappa shape index (κ3) is 10.6. The fourth-order valence-electron chi connectivity index (χ4n) is 1.48. The van der Waals surface area contributed by atoms with Gasteiger partial charge in [0, 0.05) is 20.1 Å². The molecule has 0 spiro atoms.